The number of amides is 1. The fourth-order valence-corrected chi connectivity index (χ4v) is 2.78. The van der Waals surface area contributed by atoms with Crippen LogP contribution in [0.4, 0.5) is 19.0 Å². The van der Waals surface area contributed by atoms with Crippen molar-refractivity contribution in [2.45, 2.75) is 12.2 Å². The van der Waals surface area contributed by atoms with E-state index in [1.54, 1.807) is 18.3 Å². The number of ether oxygens (including phenoxy) is 1. The van der Waals surface area contributed by atoms with Crippen LogP contribution in [0.5, 0.6) is 0 Å². The molecule has 2 aromatic rings. The van der Waals surface area contributed by atoms with Gasteiger partial charge in [-0.2, -0.15) is 13.2 Å². The minimum Gasteiger partial charge on any atom is -0.378 e. The molecule has 1 aromatic heterocycles. The van der Waals surface area contributed by atoms with Crippen LogP contribution in [-0.4, -0.2) is 54.3 Å². The highest BCUT2D eigenvalue weighted by atomic mass is 19.4. The maximum Gasteiger partial charge on any atom is 0.401 e. The molecule has 0 saturated carbocycles. The van der Waals surface area contributed by atoms with E-state index in [9.17, 15) is 18.0 Å². The fraction of sp³-hybridized carbons (Fsp3) is 0.333. The molecule has 1 fully saturated rings. The fourth-order valence-electron chi connectivity index (χ4n) is 2.78. The Bertz CT molecular complexity index is 736. The van der Waals surface area contributed by atoms with Crippen LogP contribution in [0.2, 0.25) is 0 Å². The van der Waals surface area contributed by atoms with Crippen LogP contribution in [0.1, 0.15) is 0 Å². The van der Waals surface area contributed by atoms with Crippen molar-refractivity contribution in [2.75, 3.05) is 31.6 Å². The average Bonchev–Trinajstić information content (AvgIpc) is 2.62. The van der Waals surface area contributed by atoms with Crippen molar-refractivity contribution in [3.8, 4) is 11.1 Å². The van der Waals surface area contributed by atoms with Gasteiger partial charge in [0, 0.05) is 18.3 Å². The van der Waals surface area contributed by atoms with E-state index in [0.717, 1.165) is 16.0 Å². The standard InChI is InChI=1S/C18H18F3N3O2/c19-18(20,21)12-24-8-9-26-11-15(24)17(25)23-16-7-6-14(10-22-16)13-4-2-1-3-5-13/h1-7,10,15H,8-9,11-12H2,(H,22,23,25). The molecule has 1 aliphatic heterocycles. The molecule has 1 amide bonds. The second-order valence-electron chi connectivity index (χ2n) is 5.96. The van der Waals surface area contributed by atoms with Crippen molar-refractivity contribution >= 4 is 11.7 Å². The second kappa shape index (κ2) is 7.84. The second-order valence-corrected chi connectivity index (χ2v) is 5.96. The number of halogens is 3. The van der Waals surface area contributed by atoms with Crippen LogP contribution in [0, 0.1) is 0 Å². The van der Waals surface area contributed by atoms with Crippen LogP contribution in [0.3, 0.4) is 0 Å². The van der Waals surface area contributed by atoms with Crippen molar-refractivity contribution in [1.29, 1.82) is 0 Å². The largest absolute Gasteiger partial charge is 0.401 e. The third kappa shape index (κ3) is 4.80. The summed E-state index contributed by atoms with van der Waals surface area (Å²) in [7, 11) is 0. The Morgan fingerprint density at radius 2 is 1.96 bits per heavy atom. The Hall–Kier alpha value is -2.45. The number of pyridine rings is 1. The molecular formula is C18H18F3N3O2. The van der Waals surface area contributed by atoms with Gasteiger partial charge in [-0.25, -0.2) is 4.98 Å². The lowest BCUT2D eigenvalue weighted by atomic mass is 10.1. The van der Waals surface area contributed by atoms with Gasteiger partial charge >= 0.3 is 6.18 Å². The lowest BCUT2D eigenvalue weighted by molar-refractivity contribution is -0.165. The minimum atomic E-state index is -4.37. The molecule has 1 N–H and O–H groups in total. The van der Waals surface area contributed by atoms with Gasteiger partial charge in [0.25, 0.3) is 0 Å². The Morgan fingerprint density at radius 3 is 2.62 bits per heavy atom. The Labute approximate surface area is 148 Å². The molecule has 3 rings (SSSR count). The number of hydrogen-bond acceptors (Lipinski definition) is 4. The first-order valence-electron chi connectivity index (χ1n) is 8.13. The predicted molar refractivity (Wildman–Crippen MR) is 90.5 cm³/mol. The van der Waals surface area contributed by atoms with Crippen molar-refractivity contribution in [3.05, 3.63) is 48.7 Å². The number of anilines is 1. The van der Waals surface area contributed by atoms with Gasteiger partial charge in [0.1, 0.15) is 11.9 Å². The Morgan fingerprint density at radius 1 is 1.19 bits per heavy atom. The number of nitrogens with one attached hydrogen (secondary N) is 1. The number of morpholine rings is 1. The van der Waals surface area contributed by atoms with E-state index in [1.807, 2.05) is 30.3 Å². The minimum absolute atomic E-state index is 0.0535. The molecule has 5 nitrogen and oxygen atoms in total. The summed E-state index contributed by atoms with van der Waals surface area (Å²) in [6, 6.07) is 12.0. The van der Waals surface area contributed by atoms with E-state index in [4.69, 9.17) is 4.74 Å². The number of nitrogens with zero attached hydrogens (tertiary/aromatic N) is 2. The zero-order chi connectivity index (χ0) is 18.6. The average molecular weight is 365 g/mol. The molecule has 1 saturated heterocycles. The lowest BCUT2D eigenvalue weighted by Crippen LogP contribution is -2.54. The molecule has 1 unspecified atom stereocenters. The van der Waals surface area contributed by atoms with E-state index in [2.05, 4.69) is 10.3 Å². The van der Waals surface area contributed by atoms with E-state index in [1.165, 1.54) is 0 Å². The summed E-state index contributed by atoms with van der Waals surface area (Å²) in [4.78, 5) is 17.6. The maximum atomic E-state index is 12.7. The van der Waals surface area contributed by atoms with Gasteiger partial charge in [0.15, 0.2) is 0 Å². The van der Waals surface area contributed by atoms with Crippen LogP contribution < -0.4 is 5.32 Å². The zero-order valence-electron chi connectivity index (χ0n) is 13.9. The summed E-state index contributed by atoms with van der Waals surface area (Å²) in [5.41, 5.74) is 1.86. The SMILES string of the molecule is O=C(Nc1ccc(-c2ccccc2)cn1)C1COCCN1CC(F)(F)F. The molecule has 138 valence electrons. The molecule has 0 bridgehead atoms. The van der Waals surface area contributed by atoms with Crippen molar-refractivity contribution < 1.29 is 22.7 Å². The first-order valence-corrected chi connectivity index (χ1v) is 8.13. The summed E-state index contributed by atoms with van der Waals surface area (Å²) in [5, 5.41) is 2.57. The normalized spacial score (nSPS) is 18.5. The van der Waals surface area contributed by atoms with E-state index < -0.39 is 24.7 Å². The molecule has 26 heavy (non-hydrogen) atoms. The number of hydrogen-bond donors (Lipinski definition) is 1. The number of rotatable bonds is 4. The zero-order valence-corrected chi connectivity index (χ0v) is 13.9. The topological polar surface area (TPSA) is 54.5 Å². The molecular weight excluding hydrogens is 347 g/mol. The number of carbonyl (C=O) groups is 1. The summed E-state index contributed by atoms with van der Waals surface area (Å²) in [6.45, 7) is -0.999. The van der Waals surface area contributed by atoms with E-state index in [0.29, 0.717) is 0 Å². The van der Waals surface area contributed by atoms with Crippen LogP contribution in [0.25, 0.3) is 11.1 Å². The third-order valence-electron chi connectivity index (χ3n) is 4.05. The van der Waals surface area contributed by atoms with Gasteiger partial charge in [-0.1, -0.05) is 30.3 Å². The predicted octanol–water partition coefficient (Wildman–Crippen LogP) is 2.95. The van der Waals surface area contributed by atoms with Gasteiger partial charge in [0.05, 0.1) is 19.8 Å². The van der Waals surface area contributed by atoms with Crippen LogP contribution >= 0.6 is 0 Å². The van der Waals surface area contributed by atoms with Crippen LogP contribution in [0.15, 0.2) is 48.7 Å². The van der Waals surface area contributed by atoms with Crippen molar-refractivity contribution in [2.24, 2.45) is 0 Å². The summed E-state index contributed by atoms with van der Waals surface area (Å²) in [5.74, 6) is -0.277. The van der Waals surface area contributed by atoms with E-state index >= 15 is 0 Å². The summed E-state index contributed by atoms with van der Waals surface area (Å²) >= 11 is 0. The Balaban J connectivity index is 1.66. The van der Waals surface area contributed by atoms with Gasteiger partial charge in [0.2, 0.25) is 5.91 Å². The van der Waals surface area contributed by atoms with Gasteiger partial charge in [-0.05, 0) is 17.7 Å². The van der Waals surface area contributed by atoms with Crippen LogP contribution in [-0.2, 0) is 9.53 Å². The molecule has 1 aliphatic rings. The number of aromatic nitrogens is 1. The van der Waals surface area contributed by atoms with Crippen molar-refractivity contribution in [3.63, 3.8) is 0 Å². The molecule has 0 radical (unpaired) electrons. The molecule has 0 spiro atoms. The van der Waals surface area contributed by atoms with E-state index in [-0.39, 0.29) is 25.6 Å². The molecule has 8 heteroatoms. The maximum absolute atomic E-state index is 12.7. The molecule has 2 heterocycles. The lowest BCUT2D eigenvalue weighted by Gasteiger charge is -2.34. The molecule has 1 atom stereocenters. The van der Waals surface area contributed by atoms with Gasteiger partial charge in [-0.3, -0.25) is 9.69 Å². The molecule has 1 aromatic carbocycles. The highest BCUT2D eigenvalue weighted by Gasteiger charge is 2.38. The highest BCUT2D eigenvalue weighted by molar-refractivity contribution is 5.94. The summed E-state index contributed by atoms with van der Waals surface area (Å²) in [6.07, 6.45) is -2.76. The first-order chi connectivity index (χ1) is 12.4. The smallest absolute Gasteiger partial charge is 0.378 e. The summed E-state index contributed by atoms with van der Waals surface area (Å²) < 4.78 is 43.2. The Kier molecular flexibility index (Phi) is 5.53. The quantitative estimate of drug-likeness (QED) is 0.905. The van der Waals surface area contributed by atoms with Crippen molar-refractivity contribution in [1.82, 2.24) is 9.88 Å². The number of carbonyl (C=O) groups excluding carboxylic acids is 1. The number of alkyl halides is 3. The third-order valence-corrected chi connectivity index (χ3v) is 4.05. The monoisotopic (exact) mass is 365 g/mol. The highest BCUT2D eigenvalue weighted by Crippen LogP contribution is 2.21. The number of benzene rings is 1. The first kappa shape index (κ1) is 18.3. The molecule has 0 aliphatic carbocycles. The van der Waals surface area contributed by atoms with Gasteiger partial charge in [-0.15, -0.1) is 0 Å². The van der Waals surface area contributed by atoms with Gasteiger partial charge < -0.3 is 10.1 Å².